The fourth-order valence-corrected chi connectivity index (χ4v) is 3.46. The molecule has 1 heterocycles. The average molecular weight is 280 g/mol. The summed E-state index contributed by atoms with van der Waals surface area (Å²) in [4.78, 5) is 0.313. The maximum atomic E-state index is 12.0. The van der Waals surface area contributed by atoms with Gasteiger partial charge in [-0.3, -0.25) is 4.72 Å². The van der Waals surface area contributed by atoms with Gasteiger partial charge in [0.05, 0.1) is 5.69 Å². The number of nitrogens with zero attached hydrogens (tertiary/aromatic N) is 1. The SMILES string of the molecule is N#Cc1ccc(S(=O)(=O)Nc2ccccc2O)s1. The molecule has 0 spiro atoms. The molecule has 0 amide bonds. The third-order valence-electron chi connectivity index (χ3n) is 2.10. The fraction of sp³-hybridized carbons (Fsp3) is 0. The molecule has 0 fully saturated rings. The second-order valence-electron chi connectivity index (χ2n) is 3.35. The molecule has 0 aliphatic heterocycles. The summed E-state index contributed by atoms with van der Waals surface area (Å²) in [7, 11) is -3.77. The van der Waals surface area contributed by atoms with Gasteiger partial charge in [-0.1, -0.05) is 12.1 Å². The summed E-state index contributed by atoms with van der Waals surface area (Å²) < 4.78 is 26.2. The van der Waals surface area contributed by atoms with E-state index < -0.39 is 10.0 Å². The Labute approximate surface area is 108 Å². The normalized spacial score (nSPS) is 10.8. The van der Waals surface area contributed by atoms with E-state index in [0.717, 1.165) is 11.3 Å². The predicted octanol–water partition coefficient (Wildman–Crippen LogP) is 2.13. The summed E-state index contributed by atoms with van der Waals surface area (Å²) in [5, 5.41) is 18.2. The van der Waals surface area contributed by atoms with Gasteiger partial charge in [0.15, 0.2) is 0 Å². The number of aromatic hydroxyl groups is 1. The first-order chi connectivity index (χ1) is 8.53. The topological polar surface area (TPSA) is 90.2 Å². The van der Waals surface area contributed by atoms with Crippen LogP contribution in [0.15, 0.2) is 40.6 Å². The molecule has 0 aliphatic carbocycles. The van der Waals surface area contributed by atoms with Crippen molar-refractivity contribution in [3.05, 3.63) is 41.3 Å². The van der Waals surface area contributed by atoms with Crippen LogP contribution in [0.3, 0.4) is 0 Å². The van der Waals surface area contributed by atoms with Gasteiger partial charge in [0, 0.05) is 0 Å². The molecule has 7 heteroatoms. The van der Waals surface area contributed by atoms with Gasteiger partial charge >= 0.3 is 0 Å². The minimum absolute atomic E-state index is 0.0299. The highest BCUT2D eigenvalue weighted by Crippen LogP contribution is 2.27. The van der Waals surface area contributed by atoms with Gasteiger partial charge in [-0.2, -0.15) is 5.26 Å². The van der Waals surface area contributed by atoms with Crippen LogP contribution in [-0.4, -0.2) is 13.5 Å². The number of nitrogens with one attached hydrogen (secondary N) is 1. The molecule has 2 rings (SSSR count). The Bertz CT molecular complexity index is 714. The minimum atomic E-state index is -3.77. The second kappa shape index (κ2) is 4.68. The monoisotopic (exact) mass is 280 g/mol. The quantitative estimate of drug-likeness (QED) is 0.843. The number of hydrogen-bond donors (Lipinski definition) is 2. The number of phenols is 1. The number of phenolic OH excluding ortho intramolecular Hbond substituents is 1. The zero-order valence-corrected chi connectivity index (χ0v) is 10.6. The molecular formula is C11H8N2O3S2. The van der Waals surface area contributed by atoms with Crippen molar-refractivity contribution < 1.29 is 13.5 Å². The molecule has 0 bridgehead atoms. The van der Waals surface area contributed by atoms with Crippen LogP contribution in [-0.2, 0) is 10.0 Å². The number of benzene rings is 1. The molecule has 5 nitrogen and oxygen atoms in total. The van der Waals surface area contributed by atoms with Gasteiger partial charge in [-0.15, -0.1) is 11.3 Å². The molecule has 1 aromatic carbocycles. The number of sulfonamides is 1. The van der Waals surface area contributed by atoms with Crippen molar-refractivity contribution in [2.24, 2.45) is 0 Å². The fourth-order valence-electron chi connectivity index (χ4n) is 1.28. The van der Waals surface area contributed by atoms with Gasteiger partial charge in [0.1, 0.15) is 20.9 Å². The summed E-state index contributed by atoms with van der Waals surface area (Å²) in [6.45, 7) is 0. The number of anilines is 1. The summed E-state index contributed by atoms with van der Waals surface area (Å²) in [5.41, 5.74) is 0.101. The third-order valence-corrected chi connectivity index (χ3v) is 4.95. The highest BCUT2D eigenvalue weighted by atomic mass is 32.2. The molecular weight excluding hydrogens is 272 g/mol. The molecule has 0 saturated heterocycles. The lowest BCUT2D eigenvalue weighted by atomic mass is 10.3. The molecule has 92 valence electrons. The van der Waals surface area contributed by atoms with Crippen LogP contribution >= 0.6 is 11.3 Å². The van der Waals surface area contributed by atoms with Gasteiger partial charge in [0.2, 0.25) is 0 Å². The Morgan fingerprint density at radius 2 is 1.94 bits per heavy atom. The molecule has 0 saturated carbocycles. The zero-order valence-electron chi connectivity index (χ0n) is 8.99. The summed E-state index contributed by atoms with van der Waals surface area (Å²) in [5.74, 6) is -0.155. The van der Waals surface area contributed by atoms with Crippen LogP contribution in [0.4, 0.5) is 5.69 Å². The van der Waals surface area contributed by atoms with Gasteiger partial charge in [0.25, 0.3) is 10.0 Å². The maximum Gasteiger partial charge on any atom is 0.271 e. The number of rotatable bonds is 3. The smallest absolute Gasteiger partial charge is 0.271 e. The van der Waals surface area contributed by atoms with Crippen LogP contribution in [0.25, 0.3) is 0 Å². The first-order valence-electron chi connectivity index (χ1n) is 4.84. The maximum absolute atomic E-state index is 12.0. The summed E-state index contributed by atoms with van der Waals surface area (Å²) in [6.07, 6.45) is 0. The van der Waals surface area contributed by atoms with E-state index >= 15 is 0 Å². The van der Waals surface area contributed by atoms with Crippen LogP contribution in [0.5, 0.6) is 5.75 Å². The lowest BCUT2D eigenvalue weighted by molar-refractivity contribution is 0.477. The highest BCUT2D eigenvalue weighted by molar-refractivity contribution is 7.94. The first-order valence-corrected chi connectivity index (χ1v) is 7.13. The van der Waals surface area contributed by atoms with Crippen molar-refractivity contribution >= 4 is 27.0 Å². The standard InChI is InChI=1S/C11H8N2O3S2/c12-7-8-5-6-11(17-8)18(15,16)13-9-3-1-2-4-10(9)14/h1-6,13-14H. The Kier molecular flexibility index (Phi) is 3.23. The van der Waals surface area contributed by atoms with E-state index in [-0.39, 0.29) is 15.6 Å². The van der Waals surface area contributed by atoms with Crippen molar-refractivity contribution in [2.75, 3.05) is 4.72 Å². The molecule has 1 aromatic heterocycles. The Hall–Kier alpha value is -2.04. The molecule has 2 N–H and O–H groups in total. The summed E-state index contributed by atoms with van der Waals surface area (Å²) >= 11 is 0.872. The minimum Gasteiger partial charge on any atom is -0.506 e. The number of hydrogen-bond acceptors (Lipinski definition) is 5. The van der Waals surface area contributed by atoms with Crippen molar-refractivity contribution in [3.8, 4) is 11.8 Å². The van der Waals surface area contributed by atoms with E-state index in [9.17, 15) is 13.5 Å². The van der Waals surface area contributed by atoms with E-state index in [1.165, 1.54) is 24.3 Å². The van der Waals surface area contributed by atoms with Crippen LogP contribution in [0, 0.1) is 11.3 Å². The van der Waals surface area contributed by atoms with Gasteiger partial charge in [-0.25, -0.2) is 8.42 Å². The molecule has 0 radical (unpaired) electrons. The van der Waals surface area contributed by atoms with Crippen LogP contribution in [0.1, 0.15) is 4.88 Å². The van der Waals surface area contributed by atoms with Crippen molar-refractivity contribution in [3.63, 3.8) is 0 Å². The van der Waals surface area contributed by atoms with Gasteiger partial charge < -0.3 is 5.11 Å². The molecule has 0 aliphatic rings. The molecule has 0 unspecified atom stereocenters. The largest absolute Gasteiger partial charge is 0.506 e. The van der Waals surface area contributed by atoms with Crippen LogP contribution in [0.2, 0.25) is 0 Å². The van der Waals surface area contributed by atoms with Crippen molar-refractivity contribution in [1.82, 2.24) is 0 Å². The van der Waals surface area contributed by atoms with Crippen molar-refractivity contribution in [1.29, 1.82) is 5.26 Å². The first kappa shape index (κ1) is 12.4. The highest BCUT2D eigenvalue weighted by Gasteiger charge is 2.18. The van der Waals surface area contributed by atoms with E-state index in [4.69, 9.17) is 5.26 Å². The zero-order chi connectivity index (χ0) is 13.2. The lowest BCUT2D eigenvalue weighted by Gasteiger charge is -2.07. The Morgan fingerprint density at radius 1 is 1.22 bits per heavy atom. The van der Waals surface area contributed by atoms with E-state index in [1.54, 1.807) is 12.1 Å². The van der Waals surface area contributed by atoms with E-state index in [2.05, 4.69) is 4.72 Å². The predicted molar refractivity (Wildman–Crippen MR) is 67.9 cm³/mol. The van der Waals surface area contributed by atoms with E-state index in [1.807, 2.05) is 6.07 Å². The van der Waals surface area contributed by atoms with Gasteiger partial charge in [-0.05, 0) is 24.3 Å². The molecule has 2 aromatic rings. The second-order valence-corrected chi connectivity index (χ2v) is 6.35. The number of para-hydroxylation sites is 2. The average Bonchev–Trinajstić information content (AvgIpc) is 2.81. The Balaban J connectivity index is 2.34. The van der Waals surface area contributed by atoms with Crippen molar-refractivity contribution in [2.45, 2.75) is 4.21 Å². The third kappa shape index (κ3) is 2.45. The summed E-state index contributed by atoms with van der Waals surface area (Å²) in [6, 6.07) is 10.7. The van der Waals surface area contributed by atoms with Crippen LogP contribution < -0.4 is 4.72 Å². The number of nitriles is 1. The number of thiophene rings is 1. The van der Waals surface area contributed by atoms with E-state index in [0.29, 0.717) is 4.88 Å². The molecule has 0 atom stereocenters. The lowest BCUT2D eigenvalue weighted by Crippen LogP contribution is -2.11. The Morgan fingerprint density at radius 3 is 2.56 bits per heavy atom. The molecule has 18 heavy (non-hydrogen) atoms.